The molecular formula is C11H14BrNO2. The van der Waals surface area contributed by atoms with Gasteiger partial charge in [-0.05, 0) is 24.6 Å². The summed E-state index contributed by atoms with van der Waals surface area (Å²) < 4.78 is 0.922. The average Bonchev–Trinajstić information content (AvgIpc) is 2.21. The van der Waals surface area contributed by atoms with Crippen molar-refractivity contribution < 1.29 is 9.90 Å². The maximum absolute atomic E-state index is 11.9. The maximum atomic E-state index is 11.9. The van der Waals surface area contributed by atoms with Crippen molar-refractivity contribution >= 4 is 21.8 Å². The van der Waals surface area contributed by atoms with Crippen molar-refractivity contribution in [1.29, 1.82) is 0 Å². The van der Waals surface area contributed by atoms with Gasteiger partial charge in [0, 0.05) is 23.6 Å². The number of halogens is 1. The Labute approximate surface area is 97.8 Å². The Morgan fingerprint density at radius 3 is 2.80 bits per heavy atom. The van der Waals surface area contributed by atoms with Crippen molar-refractivity contribution in [3.05, 3.63) is 33.8 Å². The number of benzene rings is 1. The Morgan fingerprint density at radius 2 is 2.20 bits per heavy atom. The normalized spacial score (nSPS) is 10.1. The van der Waals surface area contributed by atoms with Crippen LogP contribution in [0.4, 0.5) is 0 Å². The first-order valence-corrected chi connectivity index (χ1v) is 5.48. The molecule has 15 heavy (non-hydrogen) atoms. The monoisotopic (exact) mass is 271 g/mol. The van der Waals surface area contributed by atoms with Crippen LogP contribution >= 0.6 is 15.9 Å². The van der Waals surface area contributed by atoms with Crippen molar-refractivity contribution in [3.63, 3.8) is 0 Å². The van der Waals surface area contributed by atoms with E-state index in [2.05, 4.69) is 15.9 Å². The predicted octanol–water partition coefficient (Wildman–Crippen LogP) is 1.82. The summed E-state index contributed by atoms with van der Waals surface area (Å²) in [4.78, 5) is 13.4. The number of likely N-dealkylation sites (N-methyl/N-ethyl adjacent to an activating group) is 1. The number of hydrogen-bond acceptors (Lipinski definition) is 2. The second-order valence-corrected chi connectivity index (χ2v) is 4.22. The molecule has 0 bridgehead atoms. The summed E-state index contributed by atoms with van der Waals surface area (Å²) in [6.45, 7) is 2.23. The second-order valence-electron chi connectivity index (χ2n) is 3.36. The number of amides is 1. The first kappa shape index (κ1) is 12.2. The van der Waals surface area contributed by atoms with E-state index in [9.17, 15) is 4.79 Å². The van der Waals surface area contributed by atoms with Crippen molar-refractivity contribution in [3.8, 4) is 0 Å². The van der Waals surface area contributed by atoms with Gasteiger partial charge in [-0.2, -0.15) is 0 Å². The zero-order valence-electron chi connectivity index (χ0n) is 8.83. The standard InChI is InChI=1S/C11H14BrNO2/c1-8-9(4-3-5-10(8)12)11(15)13(2)6-7-14/h3-5,14H,6-7H2,1-2H3. The Bertz CT molecular complexity index is 366. The highest BCUT2D eigenvalue weighted by Gasteiger charge is 2.14. The van der Waals surface area contributed by atoms with Gasteiger partial charge in [-0.3, -0.25) is 4.79 Å². The molecule has 82 valence electrons. The molecule has 0 radical (unpaired) electrons. The number of aliphatic hydroxyl groups is 1. The Kier molecular flexibility index (Phi) is 4.29. The number of carbonyl (C=O) groups excluding carboxylic acids is 1. The smallest absolute Gasteiger partial charge is 0.253 e. The van der Waals surface area contributed by atoms with Crippen LogP contribution in [0.1, 0.15) is 15.9 Å². The van der Waals surface area contributed by atoms with Crippen LogP contribution in [0.3, 0.4) is 0 Å². The molecule has 0 aliphatic rings. The first-order chi connectivity index (χ1) is 7.07. The highest BCUT2D eigenvalue weighted by molar-refractivity contribution is 9.10. The SMILES string of the molecule is Cc1c(Br)cccc1C(=O)N(C)CCO. The van der Waals surface area contributed by atoms with Gasteiger partial charge in [0.1, 0.15) is 0 Å². The van der Waals surface area contributed by atoms with Gasteiger partial charge < -0.3 is 10.0 Å². The van der Waals surface area contributed by atoms with Gasteiger partial charge in [0.25, 0.3) is 5.91 Å². The van der Waals surface area contributed by atoms with E-state index in [1.54, 1.807) is 13.1 Å². The zero-order valence-corrected chi connectivity index (χ0v) is 10.4. The molecule has 0 aliphatic carbocycles. The van der Waals surface area contributed by atoms with Crippen LogP contribution in [0, 0.1) is 6.92 Å². The number of rotatable bonds is 3. The molecule has 0 unspecified atom stereocenters. The molecule has 0 aromatic heterocycles. The van der Waals surface area contributed by atoms with Crippen molar-refractivity contribution in [2.75, 3.05) is 20.2 Å². The van der Waals surface area contributed by atoms with Gasteiger partial charge in [-0.15, -0.1) is 0 Å². The fraction of sp³-hybridized carbons (Fsp3) is 0.364. The molecule has 0 heterocycles. The second kappa shape index (κ2) is 5.28. The number of carbonyl (C=O) groups is 1. The van der Waals surface area contributed by atoms with Crippen LogP contribution in [0.15, 0.2) is 22.7 Å². The Balaban J connectivity index is 2.96. The Morgan fingerprint density at radius 1 is 1.53 bits per heavy atom. The number of hydrogen-bond donors (Lipinski definition) is 1. The van der Waals surface area contributed by atoms with Crippen LogP contribution in [0.2, 0.25) is 0 Å². The molecule has 4 heteroatoms. The maximum Gasteiger partial charge on any atom is 0.253 e. The van der Waals surface area contributed by atoms with Crippen molar-refractivity contribution in [2.45, 2.75) is 6.92 Å². The fourth-order valence-corrected chi connectivity index (χ4v) is 1.66. The lowest BCUT2D eigenvalue weighted by atomic mass is 10.1. The van der Waals surface area contributed by atoms with Crippen LogP contribution in [0.5, 0.6) is 0 Å². The molecule has 1 rings (SSSR count). The molecular weight excluding hydrogens is 258 g/mol. The molecule has 1 aromatic carbocycles. The lowest BCUT2D eigenvalue weighted by Crippen LogP contribution is -2.30. The third kappa shape index (κ3) is 2.79. The van der Waals surface area contributed by atoms with Gasteiger partial charge in [0.15, 0.2) is 0 Å². The minimum Gasteiger partial charge on any atom is -0.395 e. The van der Waals surface area contributed by atoms with Crippen LogP contribution in [-0.2, 0) is 0 Å². The van der Waals surface area contributed by atoms with Gasteiger partial charge in [-0.25, -0.2) is 0 Å². The van der Waals surface area contributed by atoms with Crippen LogP contribution in [-0.4, -0.2) is 36.1 Å². The van der Waals surface area contributed by atoms with Crippen molar-refractivity contribution in [2.24, 2.45) is 0 Å². The van der Waals surface area contributed by atoms with E-state index < -0.39 is 0 Å². The van der Waals surface area contributed by atoms with Gasteiger partial charge >= 0.3 is 0 Å². The van der Waals surface area contributed by atoms with E-state index in [-0.39, 0.29) is 12.5 Å². The minimum atomic E-state index is -0.0668. The largest absolute Gasteiger partial charge is 0.395 e. The molecule has 0 saturated carbocycles. The predicted molar refractivity (Wildman–Crippen MR) is 62.9 cm³/mol. The Hall–Kier alpha value is -0.870. The van der Waals surface area contributed by atoms with Crippen LogP contribution in [0.25, 0.3) is 0 Å². The highest BCUT2D eigenvalue weighted by Crippen LogP contribution is 2.20. The molecule has 0 aliphatic heterocycles. The highest BCUT2D eigenvalue weighted by atomic mass is 79.9. The quantitative estimate of drug-likeness (QED) is 0.911. The molecule has 3 nitrogen and oxygen atoms in total. The van der Waals surface area contributed by atoms with E-state index >= 15 is 0 Å². The van der Waals surface area contributed by atoms with E-state index in [4.69, 9.17) is 5.11 Å². The molecule has 1 aromatic rings. The van der Waals surface area contributed by atoms with Gasteiger partial charge in [0.05, 0.1) is 6.61 Å². The summed E-state index contributed by atoms with van der Waals surface area (Å²) in [5.41, 5.74) is 1.59. The van der Waals surface area contributed by atoms with Crippen LogP contribution < -0.4 is 0 Å². The topological polar surface area (TPSA) is 40.5 Å². The molecule has 1 N–H and O–H groups in total. The number of aliphatic hydroxyl groups excluding tert-OH is 1. The minimum absolute atomic E-state index is 0.0186. The van der Waals surface area contributed by atoms with E-state index in [1.165, 1.54) is 4.90 Å². The van der Waals surface area contributed by atoms with Gasteiger partial charge in [-0.1, -0.05) is 22.0 Å². The molecule has 1 amide bonds. The molecule has 0 spiro atoms. The fourth-order valence-electron chi connectivity index (χ4n) is 1.30. The van der Waals surface area contributed by atoms with Crippen molar-refractivity contribution in [1.82, 2.24) is 4.90 Å². The lowest BCUT2D eigenvalue weighted by molar-refractivity contribution is 0.0766. The summed E-state index contributed by atoms with van der Waals surface area (Å²) in [6.07, 6.45) is 0. The summed E-state index contributed by atoms with van der Waals surface area (Å²) in [5.74, 6) is -0.0668. The number of nitrogens with zero attached hydrogens (tertiary/aromatic N) is 1. The summed E-state index contributed by atoms with van der Waals surface area (Å²) in [7, 11) is 1.68. The third-order valence-corrected chi connectivity index (χ3v) is 3.14. The summed E-state index contributed by atoms with van der Waals surface area (Å²) in [6, 6.07) is 5.52. The zero-order chi connectivity index (χ0) is 11.4. The lowest BCUT2D eigenvalue weighted by Gasteiger charge is -2.17. The van der Waals surface area contributed by atoms with E-state index in [1.807, 2.05) is 19.1 Å². The summed E-state index contributed by atoms with van der Waals surface area (Å²) >= 11 is 3.38. The van der Waals surface area contributed by atoms with E-state index in [0.717, 1.165) is 10.0 Å². The average molecular weight is 272 g/mol. The molecule has 0 saturated heterocycles. The van der Waals surface area contributed by atoms with Gasteiger partial charge in [0.2, 0.25) is 0 Å². The van der Waals surface area contributed by atoms with E-state index in [0.29, 0.717) is 12.1 Å². The molecule has 0 atom stereocenters. The summed E-state index contributed by atoms with van der Waals surface area (Å²) in [5, 5.41) is 8.75. The first-order valence-electron chi connectivity index (χ1n) is 4.69. The molecule has 0 fully saturated rings. The third-order valence-electron chi connectivity index (χ3n) is 2.28.